The normalized spacial score (nSPS) is 33.8. The van der Waals surface area contributed by atoms with Crippen molar-refractivity contribution < 1.29 is 19.5 Å². The molecule has 3 saturated heterocycles. The first kappa shape index (κ1) is 23.1. The summed E-state index contributed by atoms with van der Waals surface area (Å²) in [6.45, 7) is 6.53. The summed E-state index contributed by atoms with van der Waals surface area (Å²) in [4.78, 5) is 42.0. The van der Waals surface area contributed by atoms with E-state index in [1.54, 1.807) is 23.6 Å². The van der Waals surface area contributed by atoms with Crippen LogP contribution in [0, 0.1) is 11.8 Å². The van der Waals surface area contributed by atoms with E-state index < -0.39 is 28.7 Å². The molecule has 7 nitrogen and oxygen atoms in total. The number of fused-ring (bicyclic) bond motifs is 1. The fourth-order valence-electron chi connectivity index (χ4n) is 5.87. The van der Waals surface area contributed by atoms with Gasteiger partial charge in [-0.2, -0.15) is 0 Å². The second kappa shape index (κ2) is 8.71. The molecule has 2 bridgehead atoms. The highest BCUT2D eigenvalue weighted by molar-refractivity contribution is 8.02. The zero-order chi connectivity index (χ0) is 23.1. The molecule has 0 aromatic heterocycles. The highest BCUT2D eigenvalue weighted by atomic mass is 32.2. The highest BCUT2D eigenvalue weighted by Crippen LogP contribution is 2.71. The maximum absolute atomic E-state index is 13.7. The third kappa shape index (κ3) is 3.52. The van der Waals surface area contributed by atoms with Crippen LogP contribution in [-0.2, 0) is 20.9 Å². The molecule has 174 valence electrons. The van der Waals surface area contributed by atoms with Gasteiger partial charge in [0.1, 0.15) is 6.04 Å². The summed E-state index contributed by atoms with van der Waals surface area (Å²) >= 11 is 1.65. The molecule has 6 atom stereocenters. The van der Waals surface area contributed by atoms with Crippen LogP contribution < -0.4 is 10.6 Å². The van der Waals surface area contributed by atoms with Crippen LogP contribution in [-0.4, -0.2) is 62.5 Å². The number of rotatable bonds is 8. The van der Waals surface area contributed by atoms with Crippen LogP contribution in [0.25, 0.3) is 0 Å². The van der Waals surface area contributed by atoms with Gasteiger partial charge >= 0.3 is 0 Å². The van der Waals surface area contributed by atoms with Crippen molar-refractivity contribution in [1.29, 1.82) is 0 Å². The molecule has 3 N–H and O–H groups in total. The topological polar surface area (TPSA) is 98.7 Å². The molecule has 8 heteroatoms. The fraction of sp³-hybridized carbons (Fsp3) is 0.625. The Morgan fingerprint density at radius 2 is 1.94 bits per heavy atom. The molecule has 3 heterocycles. The van der Waals surface area contributed by atoms with E-state index in [4.69, 9.17) is 0 Å². The minimum Gasteiger partial charge on any atom is -0.394 e. The molecule has 0 aliphatic carbocycles. The second-order valence-corrected chi connectivity index (χ2v) is 11.4. The molecule has 3 amide bonds. The summed E-state index contributed by atoms with van der Waals surface area (Å²) in [6.07, 6.45) is 2.32. The van der Waals surface area contributed by atoms with Gasteiger partial charge in [-0.25, -0.2) is 0 Å². The average molecular weight is 460 g/mol. The number of benzene rings is 1. The van der Waals surface area contributed by atoms with E-state index in [1.807, 2.05) is 37.3 Å². The molecule has 3 aliphatic heterocycles. The van der Waals surface area contributed by atoms with Gasteiger partial charge in [0.25, 0.3) is 0 Å². The van der Waals surface area contributed by atoms with Gasteiger partial charge in [-0.1, -0.05) is 37.3 Å². The number of amides is 3. The van der Waals surface area contributed by atoms with Crippen LogP contribution >= 0.6 is 11.8 Å². The summed E-state index contributed by atoms with van der Waals surface area (Å²) in [6, 6.07) is 8.45. The smallest absolute Gasteiger partial charge is 0.244 e. The first-order valence-electron chi connectivity index (χ1n) is 11.5. The SMILES string of the molecule is CCCNC(=O)[C@@H]1[C@H]2C(=O)N([C@H](C)CO)C(C(=O)NCc3ccccc3)C23CC[C@@]1(C)S3. The van der Waals surface area contributed by atoms with E-state index in [0.29, 0.717) is 19.5 Å². The molecule has 0 saturated carbocycles. The maximum Gasteiger partial charge on any atom is 0.244 e. The first-order chi connectivity index (χ1) is 15.3. The Morgan fingerprint density at radius 1 is 1.22 bits per heavy atom. The Kier molecular flexibility index (Phi) is 6.29. The minimum absolute atomic E-state index is 0.0938. The van der Waals surface area contributed by atoms with Crippen LogP contribution in [0.1, 0.15) is 45.6 Å². The zero-order valence-electron chi connectivity index (χ0n) is 19.0. The van der Waals surface area contributed by atoms with Crippen molar-refractivity contribution in [1.82, 2.24) is 15.5 Å². The van der Waals surface area contributed by atoms with Gasteiger partial charge in [-0.05, 0) is 38.7 Å². The monoisotopic (exact) mass is 459 g/mol. The number of likely N-dealkylation sites (tertiary alicyclic amines) is 1. The lowest BCUT2D eigenvalue weighted by Gasteiger charge is -2.36. The van der Waals surface area contributed by atoms with Crippen LogP contribution in [0.2, 0.25) is 0 Å². The summed E-state index contributed by atoms with van der Waals surface area (Å²) in [5.74, 6) is -1.51. The second-order valence-electron chi connectivity index (χ2n) is 9.50. The molecule has 3 fully saturated rings. The van der Waals surface area contributed by atoms with Gasteiger partial charge in [0.15, 0.2) is 0 Å². The van der Waals surface area contributed by atoms with E-state index >= 15 is 0 Å². The Labute approximate surface area is 193 Å². The van der Waals surface area contributed by atoms with Crippen molar-refractivity contribution in [2.75, 3.05) is 13.2 Å². The molecule has 1 spiro atoms. The molecular formula is C24H33N3O4S. The third-order valence-electron chi connectivity index (χ3n) is 7.34. The number of carbonyl (C=O) groups excluding carboxylic acids is 3. The fourth-order valence-corrected chi connectivity index (χ4v) is 8.21. The van der Waals surface area contributed by atoms with Crippen LogP contribution in [0.3, 0.4) is 0 Å². The average Bonchev–Trinajstić information content (AvgIpc) is 3.36. The number of aliphatic hydroxyl groups is 1. The molecule has 3 aliphatic rings. The predicted molar refractivity (Wildman–Crippen MR) is 124 cm³/mol. The molecule has 4 rings (SSSR count). The van der Waals surface area contributed by atoms with Crippen molar-refractivity contribution in [3.05, 3.63) is 35.9 Å². The molecule has 32 heavy (non-hydrogen) atoms. The Balaban J connectivity index is 1.67. The standard InChI is InChI=1S/C24H33N3O4S/c1-4-12-25-20(29)17-18-22(31)27(15(2)14-28)19(24(18)11-10-23(17,3)32-24)21(30)26-13-16-8-6-5-7-9-16/h5-9,15,17-19,28H,4,10-14H2,1-3H3,(H,25,29)(H,26,30)/t15-,17+,18+,19?,23-,24?/m1/s1. The lowest BCUT2D eigenvalue weighted by Crippen LogP contribution is -2.55. The van der Waals surface area contributed by atoms with Crippen molar-refractivity contribution in [2.45, 2.75) is 68.2 Å². The number of nitrogens with zero attached hydrogens (tertiary/aromatic N) is 1. The molecule has 2 unspecified atom stereocenters. The highest BCUT2D eigenvalue weighted by Gasteiger charge is 2.77. The van der Waals surface area contributed by atoms with Crippen molar-refractivity contribution in [3.8, 4) is 0 Å². The number of thioether (sulfide) groups is 1. The van der Waals surface area contributed by atoms with Gasteiger partial charge in [0.2, 0.25) is 17.7 Å². The minimum atomic E-state index is -0.707. The summed E-state index contributed by atoms with van der Waals surface area (Å²) < 4.78 is -1.02. The van der Waals surface area contributed by atoms with Crippen LogP contribution in [0.15, 0.2) is 30.3 Å². The number of carbonyl (C=O) groups is 3. The Bertz CT molecular complexity index is 896. The van der Waals surface area contributed by atoms with Crippen molar-refractivity contribution in [3.63, 3.8) is 0 Å². The number of nitrogens with one attached hydrogen (secondary N) is 2. The van der Waals surface area contributed by atoms with Crippen molar-refractivity contribution >= 4 is 29.5 Å². The van der Waals surface area contributed by atoms with E-state index in [0.717, 1.165) is 18.4 Å². The van der Waals surface area contributed by atoms with Gasteiger partial charge in [0.05, 0.1) is 29.2 Å². The molecule has 0 radical (unpaired) electrons. The molecule has 1 aromatic carbocycles. The lowest BCUT2D eigenvalue weighted by atomic mass is 9.66. The predicted octanol–water partition coefficient (Wildman–Crippen LogP) is 1.69. The summed E-state index contributed by atoms with van der Waals surface area (Å²) in [5, 5.41) is 15.9. The quantitative estimate of drug-likeness (QED) is 0.550. The third-order valence-corrected chi connectivity index (χ3v) is 9.33. The molecular weight excluding hydrogens is 426 g/mol. The van der Waals surface area contributed by atoms with E-state index in [2.05, 4.69) is 17.6 Å². The van der Waals surface area contributed by atoms with Gasteiger partial charge < -0.3 is 20.6 Å². The molecule has 1 aromatic rings. The first-order valence-corrected chi connectivity index (χ1v) is 12.3. The van der Waals surface area contributed by atoms with Crippen LogP contribution in [0.4, 0.5) is 0 Å². The van der Waals surface area contributed by atoms with E-state index in [-0.39, 0.29) is 29.1 Å². The number of hydrogen-bond donors (Lipinski definition) is 3. The number of aliphatic hydroxyl groups excluding tert-OH is 1. The number of hydrogen-bond acceptors (Lipinski definition) is 5. The maximum atomic E-state index is 13.7. The van der Waals surface area contributed by atoms with Crippen LogP contribution in [0.5, 0.6) is 0 Å². The van der Waals surface area contributed by atoms with E-state index in [1.165, 1.54) is 0 Å². The summed E-state index contributed by atoms with van der Waals surface area (Å²) in [5.41, 5.74) is 0.980. The van der Waals surface area contributed by atoms with Crippen molar-refractivity contribution in [2.24, 2.45) is 11.8 Å². The van der Waals surface area contributed by atoms with Gasteiger partial charge in [-0.15, -0.1) is 11.8 Å². The lowest BCUT2D eigenvalue weighted by molar-refractivity contribution is -0.143. The largest absolute Gasteiger partial charge is 0.394 e. The van der Waals surface area contributed by atoms with Gasteiger partial charge in [0, 0.05) is 17.8 Å². The Hall–Kier alpha value is -2.06. The zero-order valence-corrected chi connectivity index (χ0v) is 19.8. The van der Waals surface area contributed by atoms with Gasteiger partial charge in [-0.3, -0.25) is 14.4 Å². The van der Waals surface area contributed by atoms with E-state index in [9.17, 15) is 19.5 Å². The Morgan fingerprint density at radius 3 is 2.59 bits per heavy atom. The summed E-state index contributed by atoms with van der Waals surface area (Å²) in [7, 11) is 0.